The number of piperidine rings is 1. The monoisotopic (exact) mass is 468 g/mol. The number of benzene rings is 2. The molecule has 2 aromatic rings. The molecule has 1 heterocycles. The molecule has 4 heteroatoms. The largest absolute Gasteiger partial charge is 0.334 e. The number of carbonyl (C=O) groups excluding carboxylic acids is 1. The van der Waals surface area contributed by atoms with Gasteiger partial charge in [0.2, 0.25) is 0 Å². The van der Waals surface area contributed by atoms with Crippen LogP contribution in [0.5, 0.6) is 0 Å². The zero-order valence-electron chi connectivity index (χ0n) is 18.6. The first-order valence-electron chi connectivity index (χ1n) is 10.9. The van der Waals surface area contributed by atoms with E-state index in [1.54, 1.807) is 0 Å². The molecule has 1 fully saturated rings. The Kier molecular flexibility index (Phi) is 7.90. The van der Waals surface area contributed by atoms with Crippen LogP contribution in [0.2, 0.25) is 0 Å². The van der Waals surface area contributed by atoms with Crippen LogP contribution >= 0.6 is 15.9 Å². The number of hydrogen-bond acceptors (Lipinski definition) is 2. The molecule has 30 heavy (non-hydrogen) atoms. The first-order valence-corrected chi connectivity index (χ1v) is 11.7. The number of halogens is 1. The van der Waals surface area contributed by atoms with E-state index >= 15 is 0 Å². The highest BCUT2D eigenvalue weighted by molar-refractivity contribution is 9.15. The highest BCUT2D eigenvalue weighted by Crippen LogP contribution is 2.32. The molecule has 0 spiro atoms. The van der Waals surface area contributed by atoms with Gasteiger partial charge in [0.15, 0.2) is 0 Å². The van der Waals surface area contributed by atoms with Gasteiger partial charge < -0.3 is 4.90 Å². The Morgan fingerprint density at radius 2 is 1.43 bits per heavy atom. The average molecular weight is 469 g/mol. The molecule has 0 saturated carbocycles. The van der Waals surface area contributed by atoms with Crippen LogP contribution in [-0.2, 0) is 6.54 Å². The van der Waals surface area contributed by atoms with Crippen LogP contribution in [0.1, 0.15) is 62.0 Å². The molecule has 3 nitrogen and oxygen atoms in total. The van der Waals surface area contributed by atoms with Crippen LogP contribution in [0.4, 0.5) is 0 Å². The number of amides is 1. The Morgan fingerprint density at radius 1 is 0.900 bits per heavy atom. The standard InChI is InChI=1S/C26H33BrN2O/c1-19(2)29(20(3)4)26(30)24-12-10-22(11-13-24)25(27)23-14-16-28(17-15-23)18-21-8-6-5-7-9-21/h5-13,19-20H,14-18H2,1-4H3. The molecule has 1 amide bonds. The van der Waals surface area contributed by atoms with E-state index in [0.717, 1.165) is 43.6 Å². The van der Waals surface area contributed by atoms with Gasteiger partial charge in [-0.05, 0) is 63.8 Å². The van der Waals surface area contributed by atoms with E-state index in [1.807, 2.05) is 17.0 Å². The third-order valence-electron chi connectivity index (χ3n) is 5.75. The third kappa shape index (κ3) is 5.61. The summed E-state index contributed by atoms with van der Waals surface area (Å²) < 4.78 is 1.19. The Hall–Kier alpha value is -1.91. The van der Waals surface area contributed by atoms with E-state index in [9.17, 15) is 4.79 Å². The lowest BCUT2D eigenvalue weighted by Crippen LogP contribution is -2.42. The predicted molar refractivity (Wildman–Crippen MR) is 130 cm³/mol. The van der Waals surface area contributed by atoms with Crippen molar-refractivity contribution in [2.45, 2.75) is 59.2 Å². The van der Waals surface area contributed by atoms with Gasteiger partial charge in [0.05, 0.1) is 0 Å². The quantitative estimate of drug-likeness (QED) is 0.492. The summed E-state index contributed by atoms with van der Waals surface area (Å²) in [5, 5.41) is 0. The SMILES string of the molecule is CC(C)N(C(=O)c1ccc(C(Br)=C2CCN(Cc3ccccc3)CC2)cc1)C(C)C. The van der Waals surface area contributed by atoms with Gasteiger partial charge in [0, 0.05) is 41.8 Å². The second kappa shape index (κ2) is 10.4. The van der Waals surface area contributed by atoms with Crippen LogP contribution in [0.15, 0.2) is 60.2 Å². The maximum Gasteiger partial charge on any atom is 0.254 e. The van der Waals surface area contributed by atoms with Gasteiger partial charge in [-0.3, -0.25) is 9.69 Å². The van der Waals surface area contributed by atoms with Crippen LogP contribution in [0, 0.1) is 0 Å². The van der Waals surface area contributed by atoms with Crippen LogP contribution in [0.25, 0.3) is 4.48 Å². The number of likely N-dealkylation sites (tertiary alicyclic amines) is 1. The molecule has 3 rings (SSSR count). The number of hydrogen-bond donors (Lipinski definition) is 0. The Balaban J connectivity index is 1.65. The fraction of sp³-hybridized carbons (Fsp3) is 0.423. The van der Waals surface area contributed by atoms with Crippen molar-refractivity contribution in [3.63, 3.8) is 0 Å². The smallest absolute Gasteiger partial charge is 0.254 e. The van der Waals surface area contributed by atoms with Crippen molar-refractivity contribution in [1.29, 1.82) is 0 Å². The summed E-state index contributed by atoms with van der Waals surface area (Å²) in [6.07, 6.45) is 2.14. The number of rotatable bonds is 6. The Bertz CT molecular complexity index is 854. The molecule has 0 radical (unpaired) electrons. The molecule has 160 valence electrons. The fourth-order valence-electron chi connectivity index (χ4n) is 4.22. The van der Waals surface area contributed by atoms with Gasteiger partial charge in [-0.15, -0.1) is 0 Å². The summed E-state index contributed by atoms with van der Waals surface area (Å²) in [4.78, 5) is 17.4. The molecule has 0 unspecified atom stereocenters. The second-order valence-electron chi connectivity index (χ2n) is 8.66. The van der Waals surface area contributed by atoms with E-state index in [0.29, 0.717) is 0 Å². The maximum absolute atomic E-state index is 12.9. The lowest BCUT2D eigenvalue weighted by Gasteiger charge is -2.31. The molecule has 0 atom stereocenters. The summed E-state index contributed by atoms with van der Waals surface area (Å²) in [6, 6.07) is 19.1. The second-order valence-corrected chi connectivity index (χ2v) is 9.45. The minimum Gasteiger partial charge on any atom is -0.334 e. The predicted octanol–water partition coefficient (Wildman–Crippen LogP) is 6.35. The van der Waals surface area contributed by atoms with Crippen molar-refractivity contribution in [2.75, 3.05) is 13.1 Å². The van der Waals surface area contributed by atoms with E-state index in [-0.39, 0.29) is 18.0 Å². The topological polar surface area (TPSA) is 23.6 Å². The van der Waals surface area contributed by atoms with Crippen LogP contribution in [0.3, 0.4) is 0 Å². The average Bonchev–Trinajstić information content (AvgIpc) is 2.74. The molecule has 1 aliphatic rings. The third-order valence-corrected chi connectivity index (χ3v) is 6.77. The van der Waals surface area contributed by atoms with Gasteiger partial charge in [-0.2, -0.15) is 0 Å². The molecule has 1 aliphatic heterocycles. The minimum absolute atomic E-state index is 0.101. The maximum atomic E-state index is 12.9. The van der Waals surface area contributed by atoms with Crippen LogP contribution < -0.4 is 0 Å². The van der Waals surface area contributed by atoms with Crippen molar-refractivity contribution < 1.29 is 4.79 Å². The van der Waals surface area contributed by atoms with E-state index < -0.39 is 0 Å². The van der Waals surface area contributed by atoms with Crippen LogP contribution in [-0.4, -0.2) is 40.9 Å². The van der Waals surface area contributed by atoms with Gasteiger partial charge in [0.1, 0.15) is 0 Å². The normalized spacial score (nSPS) is 15.0. The van der Waals surface area contributed by atoms with Crippen molar-refractivity contribution in [2.24, 2.45) is 0 Å². The lowest BCUT2D eigenvalue weighted by atomic mass is 9.99. The Morgan fingerprint density at radius 3 is 1.97 bits per heavy atom. The highest BCUT2D eigenvalue weighted by atomic mass is 79.9. The summed E-state index contributed by atoms with van der Waals surface area (Å²) >= 11 is 3.84. The summed E-state index contributed by atoms with van der Waals surface area (Å²) in [5.74, 6) is 0.101. The van der Waals surface area contributed by atoms with Crippen molar-refractivity contribution in [1.82, 2.24) is 9.80 Å². The molecule has 1 saturated heterocycles. The molecule has 2 aromatic carbocycles. The highest BCUT2D eigenvalue weighted by Gasteiger charge is 2.22. The van der Waals surface area contributed by atoms with E-state index in [1.165, 1.54) is 15.6 Å². The Labute approximate surface area is 189 Å². The minimum atomic E-state index is 0.101. The van der Waals surface area contributed by atoms with E-state index in [4.69, 9.17) is 0 Å². The number of nitrogens with zero attached hydrogens (tertiary/aromatic N) is 2. The van der Waals surface area contributed by atoms with Gasteiger partial charge in [-0.25, -0.2) is 0 Å². The summed E-state index contributed by atoms with van der Waals surface area (Å²) in [6.45, 7) is 11.4. The summed E-state index contributed by atoms with van der Waals surface area (Å²) in [7, 11) is 0. The molecule has 0 N–H and O–H groups in total. The zero-order chi connectivity index (χ0) is 21.7. The summed E-state index contributed by atoms with van der Waals surface area (Å²) in [5.41, 5.74) is 4.74. The van der Waals surface area contributed by atoms with Gasteiger partial charge in [-0.1, -0.05) is 64.0 Å². The molecular formula is C26H33BrN2O. The van der Waals surface area contributed by atoms with Crippen molar-refractivity contribution in [3.8, 4) is 0 Å². The first kappa shape index (κ1) is 22.8. The first-order chi connectivity index (χ1) is 14.4. The van der Waals surface area contributed by atoms with Gasteiger partial charge >= 0.3 is 0 Å². The fourth-order valence-corrected chi connectivity index (χ4v) is 4.88. The molecule has 0 aromatic heterocycles. The number of carbonyl (C=O) groups is 1. The zero-order valence-corrected chi connectivity index (χ0v) is 20.2. The van der Waals surface area contributed by atoms with Gasteiger partial charge in [0.25, 0.3) is 5.91 Å². The molecule has 0 bridgehead atoms. The van der Waals surface area contributed by atoms with Crippen molar-refractivity contribution >= 4 is 26.3 Å². The lowest BCUT2D eigenvalue weighted by molar-refractivity contribution is 0.0643. The molecular weight excluding hydrogens is 436 g/mol. The van der Waals surface area contributed by atoms with Crippen molar-refractivity contribution in [3.05, 3.63) is 76.9 Å². The van der Waals surface area contributed by atoms with E-state index in [2.05, 4.69) is 91.0 Å². The molecule has 0 aliphatic carbocycles.